The smallest absolute Gasteiger partial charge is 0.244 e. The lowest BCUT2D eigenvalue weighted by atomic mass is 10.2. The summed E-state index contributed by atoms with van der Waals surface area (Å²) in [4.78, 5) is 11.1. The van der Waals surface area contributed by atoms with E-state index in [0.29, 0.717) is 17.2 Å². The summed E-state index contributed by atoms with van der Waals surface area (Å²) in [5, 5.41) is 2.55. The van der Waals surface area contributed by atoms with Gasteiger partial charge in [0, 0.05) is 19.2 Å². The zero-order valence-corrected chi connectivity index (χ0v) is 15.1. The molecule has 2 N–H and O–H groups in total. The van der Waals surface area contributed by atoms with E-state index in [1.165, 1.54) is 26.2 Å². The lowest BCUT2D eigenvalue weighted by molar-refractivity contribution is -0.114. The molecule has 0 bridgehead atoms. The molecule has 2 aromatic carbocycles. The average Bonchev–Trinajstić information content (AvgIpc) is 3.07. The molecule has 138 valence electrons. The number of benzene rings is 2. The predicted octanol–water partition coefficient (Wildman–Crippen LogP) is 1.86. The summed E-state index contributed by atoms with van der Waals surface area (Å²) in [6.45, 7) is 1.56. The molecule has 1 aliphatic rings. The molecule has 3 rings (SSSR count). The molecule has 1 amide bonds. The predicted molar refractivity (Wildman–Crippen MR) is 93.9 cm³/mol. The first-order chi connectivity index (χ1) is 12.4. The van der Waals surface area contributed by atoms with Crippen molar-refractivity contribution in [3.05, 3.63) is 42.0 Å². The van der Waals surface area contributed by atoms with E-state index in [0.717, 1.165) is 5.56 Å². The minimum Gasteiger partial charge on any atom is -0.495 e. The summed E-state index contributed by atoms with van der Waals surface area (Å²) in [6, 6.07) is 9.60. The molecule has 0 saturated heterocycles. The molecule has 0 saturated carbocycles. The number of carbonyl (C=O) groups excluding carboxylic acids is 1. The maximum absolute atomic E-state index is 12.7. The molecule has 1 aliphatic heterocycles. The largest absolute Gasteiger partial charge is 0.495 e. The van der Waals surface area contributed by atoms with Gasteiger partial charge in [0.15, 0.2) is 11.5 Å². The Kier molecular flexibility index (Phi) is 5.01. The first-order valence-corrected chi connectivity index (χ1v) is 9.21. The van der Waals surface area contributed by atoms with E-state index in [2.05, 4.69) is 10.0 Å². The lowest BCUT2D eigenvalue weighted by Gasteiger charge is -2.13. The maximum Gasteiger partial charge on any atom is 0.244 e. The third-order valence-electron chi connectivity index (χ3n) is 3.68. The van der Waals surface area contributed by atoms with Gasteiger partial charge in [-0.3, -0.25) is 4.79 Å². The Morgan fingerprint density at radius 1 is 1.15 bits per heavy atom. The molecule has 9 heteroatoms. The van der Waals surface area contributed by atoms with Crippen LogP contribution in [0.5, 0.6) is 17.2 Å². The number of methoxy groups -OCH3 is 1. The number of anilines is 1. The fraction of sp³-hybridized carbons (Fsp3) is 0.235. The monoisotopic (exact) mass is 378 g/mol. The zero-order valence-electron chi connectivity index (χ0n) is 14.2. The van der Waals surface area contributed by atoms with E-state index in [9.17, 15) is 13.2 Å². The second kappa shape index (κ2) is 7.22. The number of amides is 1. The van der Waals surface area contributed by atoms with Crippen molar-refractivity contribution < 1.29 is 27.4 Å². The van der Waals surface area contributed by atoms with Crippen molar-refractivity contribution in [1.82, 2.24) is 4.72 Å². The minimum atomic E-state index is -3.87. The molecule has 0 aliphatic carbocycles. The fourth-order valence-corrected chi connectivity index (χ4v) is 3.69. The van der Waals surface area contributed by atoms with E-state index >= 15 is 0 Å². The number of ether oxygens (including phenoxy) is 3. The van der Waals surface area contributed by atoms with Crippen LogP contribution in [-0.2, 0) is 21.4 Å². The Labute approximate surface area is 151 Å². The van der Waals surface area contributed by atoms with Crippen molar-refractivity contribution >= 4 is 21.6 Å². The lowest BCUT2D eigenvalue weighted by Crippen LogP contribution is -2.24. The van der Waals surface area contributed by atoms with Crippen LogP contribution < -0.4 is 24.2 Å². The maximum atomic E-state index is 12.7. The third kappa shape index (κ3) is 3.89. The quantitative estimate of drug-likeness (QED) is 0.795. The molecule has 0 fully saturated rings. The van der Waals surface area contributed by atoms with Crippen molar-refractivity contribution in [3.63, 3.8) is 0 Å². The van der Waals surface area contributed by atoms with Gasteiger partial charge in [0.1, 0.15) is 10.6 Å². The van der Waals surface area contributed by atoms with Crippen molar-refractivity contribution in [3.8, 4) is 17.2 Å². The second-order valence-corrected chi connectivity index (χ2v) is 7.29. The van der Waals surface area contributed by atoms with Crippen LogP contribution in [0, 0.1) is 0 Å². The molecule has 0 radical (unpaired) electrons. The number of hydrogen-bond donors (Lipinski definition) is 2. The Morgan fingerprint density at radius 2 is 1.92 bits per heavy atom. The van der Waals surface area contributed by atoms with E-state index in [1.807, 2.05) is 0 Å². The standard InChI is InChI=1S/C17H18N2O6S/c1-11(20)19-13-4-6-15(23-2)17(8-13)26(21,22)18-9-12-3-5-14-16(7-12)25-10-24-14/h3-8,18H,9-10H2,1-2H3,(H,19,20). The van der Waals surface area contributed by atoms with Gasteiger partial charge in [0.25, 0.3) is 0 Å². The minimum absolute atomic E-state index is 0.0620. The van der Waals surface area contributed by atoms with Gasteiger partial charge in [-0.2, -0.15) is 0 Å². The van der Waals surface area contributed by atoms with E-state index < -0.39 is 10.0 Å². The van der Waals surface area contributed by atoms with Crippen molar-refractivity contribution in [2.75, 3.05) is 19.2 Å². The molecular formula is C17H18N2O6S. The van der Waals surface area contributed by atoms with Crippen molar-refractivity contribution in [2.45, 2.75) is 18.4 Å². The highest BCUT2D eigenvalue weighted by atomic mass is 32.2. The summed E-state index contributed by atoms with van der Waals surface area (Å²) >= 11 is 0. The van der Waals surface area contributed by atoms with Gasteiger partial charge >= 0.3 is 0 Å². The van der Waals surface area contributed by atoms with Gasteiger partial charge in [-0.15, -0.1) is 0 Å². The molecule has 8 nitrogen and oxygen atoms in total. The first-order valence-electron chi connectivity index (χ1n) is 7.73. The number of fused-ring (bicyclic) bond motifs is 1. The van der Waals surface area contributed by atoms with Crippen LogP contribution in [0.3, 0.4) is 0 Å². The molecule has 0 unspecified atom stereocenters. The molecule has 2 aromatic rings. The summed E-state index contributed by atoms with van der Waals surface area (Å²) in [5.41, 5.74) is 1.08. The van der Waals surface area contributed by atoms with Crippen molar-refractivity contribution in [2.24, 2.45) is 0 Å². The fourth-order valence-electron chi connectivity index (χ4n) is 2.47. The van der Waals surface area contributed by atoms with Gasteiger partial charge in [-0.05, 0) is 35.9 Å². The third-order valence-corrected chi connectivity index (χ3v) is 5.10. The van der Waals surface area contributed by atoms with Gasteiger partial charge in [0.05, 0.1) is 7.11 Å². The molecule has 26 heavy (non-hydrogen) atoms. The summed E-state index contributed by atoms with van der Waals surface area (Å²) in [5.74, 6) is 1.08. The summed E-state index contributed by atoms with van der Waals surface area (Å²) in [7, 11) is -2.49. The number of hydrogen-bond acceptors (Lipinski definition) is 6. The van der Waals surface area contributed by atoms with E-state index in [-0.39, 0.29) is 29.9 Å². The Hall–Kier alpha value is -2.78. The summed E-state index contributed by atoms with van der Waals surface area (Å²) in [6.07, 6.45) is 0. The van der Waals surface area contributed by atoms with Gasteiger partial charge in [0.2, 0.25) is 22.7 Å². The van der Waals surface area contributed by atoms with Crippen LogP contribution in [-0.4, -0.2) is 28.2 Å². The van der Waals surface area contributed by atoms with Crippen molar-refractivity contribution in [1.29, 1.82) is 0 Å². The average molecular weight is 378 g/mol. The Bertz CT molecular complexity index is 942. The van der Waals surface area contributed by atoms with E-state index in [1.54, 1.807) is 24.3 Å². The molecule has 0 aromatic heterocycles. The van der Waals surface area contributed by atoms with Crippen LogP contribution >= 0.6 is 0 Å². The van der Waals surface area contributed by atoms with Crippen LogP contribution in [0.4, 0.5) is 5.69 Å². The normalized spacial score (nSPS) is 12.7. The number of sulfonamides is 1. The highest BCUT2D eigenvalue weighted by molar-refractivity contribution is 7.89. The molecule has 0 spiro atoms. The van der Waals surface area contributed by atoms with E-state index in [4.69, 9.17) is 14.2 Å². The van der Waals surface area contributed by atoms with Crippen LogP contribution in [0.2, 0.25) is 0 Å². The first kappa shape index (κ1) is 18.0. The summed E-state index contributed by atoms with van der Waals surface area (Å²) < 4.78 is 43.6. The SMILES string of the molecule is COc1ccc(NC(C)=O)cc1S(=O)(=O)NCc1ccc2c(c1)OCO2. The van der Waals surface area contributed by atoms with Gasteiger partial charge in [-0.25, -0.2) is 13.1 Å². The van der Waals surface area contributed by atoms with Crippen LogP contribution in [0.25, 0.3) is 0 Å². The van der Waals surface area contributed by atoms with Gasteiger partial charge < -0.3 is 19.5 Å². The molecule has 0 atom stereocenters. The topological polar surface area (TPSA) is 103 Å². The van der Waals surface area contributed by atoms with Crippen LogP contribution in [0.1, 0.15) is 12.5 Å². The number of carbonyl (C=O) groups is 1. The zero-order chi connectivity index (χ0) is 18.7. The molecule has 1 heterocycles. The Morgan fingerprint density at radius 3 is 2.65 bits per heavy atom. The Balaban J connectivity index is 1.82. The van der Waals surface area contributed by atoms with Gasteiger partial charge in [-0.1, -0.05) is 6.07 Å². The molecular weight excluding hydrogens is 360 g/mol. The second-order valence-electron chi connectivity index (χ2n) is 5.56. The highest BCUT2D eigenvalue weighted by Gasteiger charge is 2.21. The highest BCUT2D eigenvalue weighted by Crippen LogP contribution is 2.33. The number of rotatable bonds is 6. The van der Waals surface area contributed by atoms with Crippen LogP contribution in [0.15, 0.2) is 41.3 Å². The number of nitrogens with one attached hydrogen (secondary N) is 2.